The summed E-state index contributed by atoms with van der Waals surface area (Å²) in [4.78, 5) is 12.4. The Bertz CT molecular complexity index is 741. The number of benzene rings is 2. The summed E-state index contributed by atoms with van der Waals surface area (Å²) in [5, 5.41) is 12.5. The largest absolute Gasteiger partial charge is 0.489 e. The Balaban J connectivity index is 1.55. The van der Waals surface area contributed by atoms with Crippen molar-refractivity contribution in [2.75, 3.05) is 0 Å². The quantitative estimate of drug-likeness (QED) is 0.795. The smallest absolute Gasteiger partial charge is 0.251 e. The zero-order valence-electron chi connectivity index (χ0n) is 14.8. The molecule has 1 fully saturated rings. The molecule has 2 aromatic carbocycles. The second-order valence-electron chi connectivity index (χ2n) is 6.78. The first-order valence-corrected chi connectivity index (χ1v) is 9.02. The van der Waals surface area contributed by atoms with Crippen LogP contribution in [0.25, 0.3) is 0 Å². The van der Waals surface area contributed by atoms with Crippen LogP contribution in [0.15, 0.2) is 48.5 Å². The minimum absolute atomic E-state index is 0.0860. The molecule has 1 aliphatic carbocycles. The highest BCUT2D eigenvalue weighted by Gasteiger charge is 2.33. The fourth-order valence-electron chi connectivity index (χ4n) is 3.24. The van der Waals surface area contributed by atoms with Gasteiger partial charge in [-0.1, -0.05) is 25.1 Å². The summed E-state index contributed by atoms with van der Waals surface area (Å²) in [6.45, 7) is 2.18. The van der Waals surface area contributed by atoms with Crippen molar-refractivity contribution in [1.29, 1.82) is 0 Å². The van der Waals surface area contributed by atoms with Gasteiger partial charge in [-0.15, -0.1) is 0 Å². The van der Waals surface area contributed by atoms with E-state index in [1.807, 2.05) is 6.92 Å². The maximum absolute atomic E-state index is 13.6. The fraction of sp³-hybridized carbons (Fsp3) is 0.381. The second kappa shape index (κ2) is 8.32. The highest BCUT2D eigenvalue weighted by Crippen LogP contribution is 2.31. The van der Waals surface area contributed by atoms with Crippen molar-refractivity contribution in [3.05, 3.63) is 65.5 Å². The molecule has 0 bridgehead atoms. The molecule has 0 radical (unpaired) electrons. The number of carbonyl (C=O) groups excluding carboxylic acids is 1. The van der Waals surface area contributed by atoms with Gasteiger partial charge >= 0.3 is 0 Å². The van der Waals surface area contributed by atoms with Gasteiger partial charge in [-0.25, -0.2) is 4.39 Å². The standard InChI is InChI=1S/C21H24FNO3/c1-2-20(16-11-17(24)12-16)23-21(25)14-7-9-18(10-8-14)26-13-15-5-3-4-6-19(15)22/h3-10,16-17,20,24H,2,11-13H2,1H3,(H,23,25). The number of amides is 1. The van der Waals surface area contributed by atoms with Gasteiger partial charge in [-0.3, -0.25) is 4.79 Å². The molecule has 1 aliphatic rings. The first-order chi connectivity index (χ1) is 12.6. The monoisotopic (exact) mass is 357 g/mol. The lowest BCUT2D eigenvalue weighted by atomic mass is 9.76. The number of nitrogens with one attached hydrogen (secondary N) is 1. The van der Waals surface area contributed by atoms with Gasteiger partial charge in [0, 0.05) is 17.2 Å². The minimum Gasteiger partial charge on any atom is -0.489 e. The van der Waals surface area contributed by atoms with Crippen LogP contribution in [0.5, 0.6) is 5.75 Å². The average molecular weight is 357 g/mol. The average Bonchev–Trinajstić information content (AvgIpc) is 2.63. The predicted octanol–water partition coefficient (Wildman–Crippen LogP) is 3.68. The van der Waals surface area contributed by atoms with Gasteiger partial charge < -0.3 is 15.2 Å². The van der Waals surface area contributed by atoms with Crippen LogP contribution in [0.4, 0.5) is 4.39 Å². The first kappa shape index (κ1) is 18.4. The van der Waals surface area contributed by atoms with Crippen LogP contribution in [0.2, 0.25) is 0 Å². The molecule has 1 saturated carbocycles. The van der Waals surface area contributed by atoms with E-state index in [-0.39, 0.29) is 30.5 Å². The Hall–Kier alpha value is -2.40. The molecule has 4 nitrogen and oxygen atoms in total. The molecule has 1 unspecified atom stereocenters. The Morgan fingerprint density at radius 3 is 2.54 bits per heavy atom. The second-order valence-corrected chi connectivity index (χ2v) is 6.78. The van der Waals surface area contributed by atoms with Gasteiger partial charge in [0.15, 0.2) is 0 Å². The van der Waals surface area contributed by atoms with Crippen LogP contribution in [-0.4, -0.2) is 23.2 Å². The van der Waals surface area contributed by atoms with Crippen LogP contribution >= 0.6 is 0 Å². The SMILES string of the molecule is CCC(NC(=O)c1ccc(OCc2ccccc2F)cc1)C1CC(O)C1. The first-order valence-electron chi connectivity index (χ1n) is 9.02. The van der Waals surface area contributed by atoms with Crippen LogP contribution in [-0.2, 0) is 6.61 Å². The number of rotatable bonds is 7. The van der Waals surface area contributed by atoms with E-state index in [1.165, 1.54) is 6.07 Å². The summed E-state index contributed by atoms with van der Waals surface area (Å²) in [5.41, 5.74) is 1.05. The molecule has 2 aromatic rings. The lowest BCUT2D eigenvalue weighted by molar-refractivity contribution is 0.0232. The lowest BCUT2D eigenvalue weighted by Crippen LogP contribution is -2.46. The number of carbonyl (C=O) groups is 1. The number of hydrogen-bond donors (Lipinski definition) is 2. The van der Waals surface area contributed by atoms with Gasteiger partial charge in [0.05, 0.1) is 6.10 Å². The third kappa shape index (κ3) is 4.41. The number of hydrogen-bond acceptors (Lipinski definition) is 3. The molecule has 0 aliphatic heterocycles. The van der Waals surface area contributed by atoms with Crippen molar-refractivity contribution in [3.63, 3.8) is 0 Å². The summed E-state index contributed by atoms with van der Waals surface area (Å²) < 4.78 is 19.2. The van der Waals surface area contributed by atoms with Gasteiger partial charge in [0.2, 0.25) is 0 Å². The highest BCUT2D eigenvalue weighted by molar-refractivity contribution is 5.94. The molecule has 0 saturated heterocycles. The maximum Gasteiger partial charge on any atom is 0.251 e. The lowest BCUT2D eigenvalue weighted by Gasteiger charge is -2.37. The molecule has 0 spiro atoms. The normalized spacial score (nSPS) is 20.1. The number of halogens is 1. The molecule has 26 heavy (non-hydrogen) atoms. The van der Waals surface area contributed by atoms with Crippen molar-refractivity contribution in [2.45, 2.75) is 44.9 Å². The molecule has 5 heteroatoms. The van der Waals surface area contributed by atoms with E-state index >= 15 is 0 Å². The third-order valence-electron chi connectivity index (χ3n) is 4.94. The van der Waals surface area contributed by atoms with Crippen LogP contribution < -0.4 is 10.1 Å². The summed E-state index contributed by atoms with van der Waals surface area (Å²) in [5.74, 6) is 0.510. The molecular weight excluding hydrogens is 333 g/mol. The molecule has 0 heterocycles. The summed E-state index contributed by atoms with van der Waals surface area (Å²) in [6.07, 6.45) is 2.12. The van der Waals surface area contributed by atoms with Gasteiger partial charge in [0.25, 0.3) is 5.91 Å². The van der Waals surface area contributed by atoms with Crippen LogP contribution in [0, 0.1) is 11.7 Å². The van der Waals surface area contributed by atoms with Crippen molar-refractivity contribution in [3.8, 4) is 5.75 Å². The van der Waals surface area contributed by atoms with Crippen LogP contribution in [0.1, 0.15) is 42.1 Å². The Morgan fingerprint density at radius 2 is 1.92 bits per heavy atom. The Morgan fingerprint density at radius 1 is 1.23 bits per heavy atom. The molecule has 2 N–H and O–H groups in total. The molecule has 1 atom stereocenters. The predicted molar refractivity (Wildman–Crippen MR) is 97.5 cm³/mol. The van der Waals surface area contributed by atoms with Crippen molar-refractivity contribution >= 4 is 5.91 Å². The fourth-order valence-corrected chi connectivity index (χ4v) is 3.24. The molecule has 1 amide bonds. The number of ether oxygens (including phenoxy) is 1. The minimum atomic E-state index is -0.296. The van der Waals surface area contributed by atoms with E-state index in [2.05, 4.69) is 5.32 Å². The van der Waals surface area contributed by atoms with E-state index < -0.39 is 0 Å². The van der Waals surface area contributed by atoms with Gasteiger partial charge in [-0.2, -0.15) is 0 Å². The van der Waals surface area contributed by atoms with E-state index in [9.17, 15) is 14.3 Å². The molecule has 138 valence electrons. The van der Waals surface area contributed by atoms with E-state index in [4.69, 9.17) is 4.74 Å². The Labute approximate surface area is 153 Å². The van der Waals surface area contributed by atoms with Crippen LogP contribution in [0.3, 0.4) is 0 Å². The molecule has 0 aromatic heterocycles. The van der Waals surface area contributed by atoms with Crippen molar-refractivity contribution in [2.24, 2.45) is 5.92 Å². The maximum atomic E-state index is 13.6. The molecular formula is C21H24FNO3. The number of aliphatic hydroxyl groups is 1. The van der Waals surface area contributed by atoms with Gasteiger partial charge in [-0.05, 0) is 55.5 Å². The van der Waals surface area contributed by atoms with E-state index in [1.54, 1.807) is 42.5 Å². The van der Waals surface area contributed by atoms with E-state index in [0.29, 0.717) is 22.8 Å². The Kier molecular flexibility index (Phi) is 5.89. The summed E-state index contributed by atoms with van der Waals surface area (Å²) >= 11 is 0. The zero-order chi connectivity index (χ0) is 18.5. The summed E-state index contributed by atoms with van der Waals surface area (Å²) in [7, 11) is 0. The van der Waals surface area contributed by atoms with Gasteiger partial charge in [0.1, 0.15) is 18.2 Å². The topological polar surface area (TPSA) is 58.6 Å². The zero-order valence-corrected chi connectivity index (χ0v) is 14.8. The third-order valence-corrected chi connectivity index (χ3v) is 4.94. The van der Waals surface area contributed by atoms with Crippen molar-refractivity contribution in [1.82, 2.24) is 5.32 Å². The van der Waals surface area contributed by atoms with E-state index in [0.717, 1.165) is 19.3 Å². The number of aliphatic hydroxyl groups excluding tert-OH is 1. The molecule has 3 rings (SSSR count). The highest BCUT2D eigenvalue weighted by atomic mass is 19.1. The summed E-state index contributed by atoms with van der Waals surface area (Å²) in [6, 6.07) is 13.4. The van der Waals surface area contributed by atoms with Crippen molar-refractivity contribution < 1.29 is 19.0 Å².